The second kappa shape index (κ2) is 7.31. The Hall–Kier alpha value is -2.01. The monoisotopic (exact) mass is 319 g/mol. The van der Waals surface area contributed by atoms with E-state index in [1.54, 1.807) is 26.1 Å². The van der Waals surface area contributed by atoms with Gasteiger partial charge in [-0.2, -0.15) is 0 Å². The molecule has 0 unspecified atom stereocenters. The van der Waals surface area contributed by atoms with Crippen LogP contribution in [-0.2, 0) is 21.3 Å². The number of anilines is 1. The molecule has 0 spiro atoms. The fourth-order valence-corrected chi connectivity index (χ4v) is 3.19. The van der Waals surface area contributed by atoms with Crippen LogP contribution in [0.15, 0.2) is 54.6 Å². The smallest absolute Gasteiger partial charge is 0.242 e. The summed E-state index contributed by atoms with van der Waals surface area (Å²) in [4.78, 5) is 13.9. The molecule has 0 aliphatic carbocycles. The van der Waals surface area contributed by atoms with Crippen LogP contribution in [-0.4, -0.2) is 22.4 Å². The summed E-state index contributed by atoms with van der Waals surface area (Å²) in [7, 11) is 0.309. The average Bonchev–Trinajstić information content (AvgIpc) is 2.55. The van der Waals surface area contributed by atoms with Gasteiger partial charge in [-0.3, -0.25) is 9.00 Å². The van der Waals surface area contributed by atoms with E-state index in [0.29, 0.717) is 0 Å². The maximum Gasteiger partial charge on any atom is 0.242 e. The van der Waals surface area contributed by atoms with Crippen molar-refractivity contribution >= 4 is 22.4 Å². The molecule has 1 amide bonds. The predicted molar refractivity (Wildman–Crippen MR) is 87.6 cm³/mol. The van der Waals surface area contributed by atoms with Gasteiger partial charge in [0.15, 0.2) is 0 Å². The van der Waals surface area contributed by atoms with Crippen molar-refractivity contribution in [3.8, 4) is 0 Å². The highest BCUT2D eigenvalue weighted by Gasteiger charge is 2.24. The molecule has 0 aliphatic heterocycles. The zero-order valence-corrected chi connectivity index (χ0v) is 13.3. The van der Waals surface area contributed by atoms with E-state index in [1.165, 1.54) is 17.0 Å². The number of hydrogen-bond donors (Lipinski definition) is 0. The Morgan fingerprint density at radius 1 is 1.14 bits per heavy atom. The first-order chi connectivity index (χ1) is 10.5. The number of hydrogen-bond acceptors (Lipinski definition) is 2. The van der Waals surface area contributed by atoms with Gasteiger partial charge in [0, 0.05) is 29.3 Å². The summed E-state index contributed by atoms with van der Waals surface area (Å²) in [5.41, 5.74) is 1.51. The third kappa shape index (κ3) is 4.01. The van der Waals surface area contributed by atoms with Crippen LogP contribution in [0.25, 0.3) is 0 Å². The first kappa shape index (κ1) is 16.4. The lowest BCUT2D eigenvalue weighted by molar-refractivity contribution is -0.117. The highest BCUT2D eigenvalue weighted by atomic mass is 32.2. The van der Waals surface area contributed by atoms with Crippen molar-refractivity contribution in [1.82, 2.24) is 0 Å². The summed E-state index contributed by atoms with van der Waals surface area (Å²) in [5, 5.41) is -0.629. The van der Waals surface area contributed by atoms with Crippen LogP contribution < -0.4 is 4.90 Å². The lowest BCUT2D eigenvalue weighted by Crippen LogP contribution is -2.37. The van der Waals surface area contributed by atoms with Crippen molar-refractivity contribution in [2.45, 2.75) is 17.9 Å². The number of para-hydroxylation sites is 1. The second-order valence-corrected chi connectivity index (χ2v) is 6.78. The van der Waals surface area contributed by atoms with Gasteiger partial charge in [0.25, 0.3) is 0 Å². The minimum atomic E-state index is -1.36. The highest BCUT2D eigenvalue weighted by molar-refractivity contribution is 7.85. The van der Waals surface area contributed by atoms with Crippen LogP contribution in [0.5, 0.6) is 0 Å². The standard InChI is InChI=1S/C17H18FNO2S/c1-13(17(20)19(2)16-6-4-3-5-7-16)22(21)12-14-8-10-15(18)11-9-14/h3-11,13H,12H2,1-2H3/t13-,22+/m0/s1. The first-order valence-corrected chi connectivity index (χ1v) is 8.31. The normalized spacial score (nSPS) is 13.4. The number of nitrogens with zero attached hydrogens (tertiary/aromatic N) is 1. The molecule has 2 atom stereocenters. The van der Waals surface area contributed by atoms with Crippen LogP contribution >= 0.6 is 0 Å². The van der Waals surface area contributed by atoms with Gasteiger partial charge in [0.2, 0.25) is 5.91 Å². The van der Waals surface area contributed by atoms with E-state index < -0.39 is 16.0 Å². The molecule has 0 saturated heterocycles. The van der Waals surface area contributed by atoms with Gasteiger partial charge in [0.05, 0.1) is 0 Å². The molecule has 3 nitrogen and oxygen atoms in total. The quantitative estimate of drug-likeness (QED) is 0.849. The zero-order chi connectivity index (χ0) is 16.1. The van der Waals surface area contributed by atoms with Crippen molar-refractivity contribution in [2.24, 2.45) is 0 Å². The largest absolute Gasteiger partial charge is 0.314 e. The molecule has 0 saturated carbocycles. The first-order valence-electron chi connectivity index (χ1n) is 6.93. The predicted octanol–water partition coefficient (Wildman–Crippen LogP) is 3.13. The third-order valence-electron chi connectivity index (χ3n) is 3.44. The van der Waals surface area contributed by atoms with Gasteiger partial charge in [-0.15, -0.1) is 0 Å². The number of benzene rings is 2. The molecule has 2 aromatic rings. The molecule has 0 radical (unpaired) electrons. The topological polar surface area (TPSA) is 37.4 Å². The summed E-state index contributed by atoms with van der Waals surface area (Å²) in [6.45, 7) is 1.65. The fourth-order valence-electron chi connectivity index (χ4n) is 2.03. The molecule has 2 aromatic carbocycles. The van der Waals surface area contributed by atoms with Crippen LogP contribution in [0.2, 0.25) is 0 Å². The summed E-state index contributed by atoms with van der Waals surface area (Å²) in [6.07, 6.45) is 0. The summed E-state index contributed by atoms with van der Waals surface area (Å²) in [5.74, 6) is -0.301. The van der Waals surface area contributed by atoms with E-state index in [0.717, 1.165) is 11.3 Å². The molecular weight excluding hydrogens is 301 g/mol. The van der Waals surface area contributed by atoms with Crippen molar-refractivity contribution in [2.75, 3.05) is 11.9 Å². The number of rotatable bonds is 5. The maximum absolute atomic E-state index is 12.9. The van der Waals surface area contributed by atoms with E-state index in [2.05, 4.69) is 0 Å². The molecule has 0 bridgehead atoms. The van der Waals surface area contributed by atoms with Crippen LogP contribution in [0.4, 0.5) is 10.1 Å². The second-order valence-electron chi connectivity index (χ2n) is 5.03. The molecule has 0 aliphatic rings. The third-order valence-corrected chi connectivity index (χ3v) is 5.05. The molecule has 2 rings (SSSR count). The lowest BCUT2D eigenvalue weighted by Gasteiger charge is -2.21. The Morgan fingerprint density at radius 2 is 1.73 bits per heavy atom. The molecule has 0 heterocycles. The van der Waals surface area contributed by atoms with Gasteiger partial charge in [-0.25, -0.2) is 4.39 Å². The molecule has 0 fully saturated rings. The Morgan fingerprint density at radius 3 is 2.32 bits per heavy atom. The van der Waals surface area contributed by atoms with Crippen LogP contribution in [0.1, 0.15) is 12.5 Å². The van der Waals surface area contributed by atoms with Crippen molar-refractivity contribution < 1.29 is 13.4 Å². The number of carbonyl (C=O) groups excluding carboxylic acids is 1. The van der Waals surface area contributed by atoms with Crippen molar-refractivity contribution in [1.29, 1.82) is 0 Å². The summed E-state index contributed by atoms with van der Waals surface area (Å²) in [6, 6.07) is 15.1. The van der Waals surface area contributed by atoms with Crippen molar-refractivity contribution in [3.63, 3.8) is 0 Å². The zero-order valence-electron chi connectivity index (χ0n) is 12.5. The molecule has 22 heavy (non-hydrogen) atoms. The summed E-state index contributed by atoms with van der Waals surface area (Å²) < 4.78 is 25.2. The maximum atomic E-state index is 12.9. The Balaban J connectivity index is 2.03. The van der Waals surface area contributed by atoms with Gasteiger partial charge in [0.1, 0.15) is 11.1 Å². The minimum absolute atomic E-state index is 0.202. The van der Waals surface area contributed by atoms with E-state index >= 15 is 0 Å². The van der Waals surface area contributed by atoms with Gasteiger partial charge in [-0.05, 0) is 36.8 Å². The fraction of sp³-hybridized carbons (Fsp3) is 0.235. The van der Waals surface area contributed by atoms with Crippen LogP contribution in [0.3, 0.4) is 0 Å². The van der Waals surface area contributed by atoms with Gasteiger partial charge in [-0.1, -0.05) is 30.3 Å². The van der Waals surface area contributed by atoms with Crippen molar-refractivity contribution in [3.05, 3.63) is 66.0 Å². The lowest BCUT2D eigenvalue weighted by atomic mass is 10.2. The number of halogens is 1. The summed E-state index contributed by atoms with van der Waals surface area (Å²) >= 11 is 0. The Kier molecular flexibility index (Phi) is 5.44. The van der Waals surface area contributed by atoms with Gasteiger partial charge < -0.3 is 4.90 Å². The molecule has 5 heteroatoms. The molecule has 116 valence electrons. The highest BCUT2D eigenvalue weighted by Crippen LogP contribution is 2.15. The van der Waals surface area contributed by atoms with Crippen LogP contribution in [0, 0.1) is 5.82 Å². The minimum Gasteiger partial charge on any atom is -0.314 e. The van der Waals surface area contributed by atoms with Gasteiger partial charge >= 0.3 is 0 Å². The van der Waals surface area contributed by atoms with E-state index in [4.69, 9.17) is 0 Å². The number of carbonyl (C=O) groups is 1. The average molecular weight is 319 g/mol. The number of amides is 1. The Labute approximate surface area is 132 Å². The molecule has 0 N–H and O–H groups in total. The molecular formula is C17H18FNO2S. The molecule has 0 aromatic heterocycles. The van der Waals surface area contributed by atoms with E-state index in [-0.39, 0.29) is 17.5 Å². The SMILES string of the molecule is C[C@@H](C(=O)N(C)c1ccccc1)[S@](=O)Cc1ccc(F)cc1. The van der Waals surface area contributed by atoms with E-state index in [1.807, 2.05) is 30.3 Å². The Bertz CT molecular complexity index is 658. The van der Waals surface area contributed by atoms with E-state index in [9.17, 15) is 13.4 Å².